The normalized spacial score (nSPS) is 12.1. The average molecular weight is 470 g/mol. The minimum absolute atomic E-state index is 0.162. The molecule has 0 radical (unpaired) electrons. The molecule has 0 bridgehead atoms. The summed E-state index contributed by atoms with van der Waals surface area (Å²) < 4.78 is 5.40. The van der Waals surface area contributed by atoms with Gasteiger partial charge in [0.25, 0.3) is 0 Å². The molecule has 0 fully saturated rings. The number of benzene rings is 1. The molecule has 0 aliphatic carbocycles. The van der Waals surface area contributed by atoms with Gasteiger partial charge in [-0.3, -0.25) is 4.79 Å². The van der Waals surface area contributed by atoms with Gasteiger partial charge in [-0.05, 0) is 29.6 Å². The third-order valence-electron chi connectivity index (χ3n) is 5.09. The Balaban J connectivity index is 1.74. The van der Waals surface area contributed by atoms with Crippen molar-refractivity contribution in [3.05, 3.63) is 94.5 Å². The van der Waals surface area contributed by atoms with Gasteiger partial charge in [0.2, 0.25) is 0 Å². The molecule has 0 spiro atoms. The Bertz CT molecular complexity index is 1370. The Morgan fingerprint density at radius 1 is 1.29 bits per heavy atom. The van der Waals surface area contributed by atoms with Gasteiger partial charge in [-0.1, -0.05) is 18.2 Å². The van der Waals surface area contributed by atoms with Crippen LogP contribution in [0, 0.1) is 16.7 Å². The second-order valence-electron chi connectivity index (χ2n) is 7.24. The van der Waals surface area contributed by atoms with E-state index in [0.29, 0.717) is 33.0 Å². The van der Waals surface area contributed by atoms with Crippen LogP contribution in [0.15, 0.2) is 77.2 Å². The fourth-order valence-electron chi connectivity index (χ4n) is 3.48. The molecule has 8 nitrogen and oxygen atoms in total. The molecule has 3 heterocycles. The number of aromatic nitrogens is 2. The molecule has 1 atom stereocenters. The number of ketones is 1. The van der Waals surface area contributed by atoms with E-state index in [0.717, 1.165) is 5.56 Å². The van der Waals surface area contributed by atoms with Gasteiger partial charge in [0.15, 0.2) is 17.9 Å². The number of oxazole rings is 1. The summed E-state index contributed by atoms with van der Waals surface area (Å²) in [5, 5.41) is 23.9. The second kappa shape index (κ2) is 10.5. The number of hydrogen-bond donors (Lipinski definition) is 3. The van der Waals surface area contributed by atoms with Crippen molar-refractivity contribution in [3.8, 4) is 17.4 Å². The predicted molar refractivity (Wildman–Crippen MR) is 131 cm³/mol. The first-order chi connectivity index (χ1) is 16.6. The summed E-state index contributed by atoms with van der Waals surface area (Å²) in [5.41, 5.74) is 3.76. The molecule has 34 heavy (non-hydrogen) atoms. The highest BCUT2D eigenvalue weighted by molar-refractivity contribution is 7.12. The van der Waals surface area contributed by atoms with Gasteiger partial charge in [0.1, 0.15) is 24.0 Å². The largest absolute Gasteiger partial charge is 0.444 e. The Morgan fingerprint density at radius 2 is 2.18 bits per heavy atom. The predicted octanol–water partition coefficient (Wildman–Crippen LogP) is 3.89. The zero-order chi connectivity index (χ0) is 23.9. The van der Waals surface area contributed by atoms with Crippen LogP contribution < -0.4 is 10.6 Å². The molecular formula is C25H21N6O2S+. The minimum Gasteiger partial charge on any atom is -0.444 e. The van der Waals surface area contributed by atoms with Crippen molar-refractivity contribution >= 4 is 34.6 Å². The second-order valence-corrected chi connectivity index (χ2v) is 8.16. The van der Waals surface area contributed by atoms with Crippen LogP contribution in [0.1, 0.15) is 32.5 Å². The van der Waals surface area contributed by atoms with E-state index < -0.39 is 6.04 Å². The zero-order valence-electron chi connectivity index (χ0n) is 18.2. The number of carbonyl (C=O) groups excluding carboxylic acids is 1. The van der Waals surface area contributed by atoms with E-state index in [9.17, 15) is 4.79 Å². The summed E-state index contributed by atoms with van der Waals surface area (Å²) in [5.74, 6) is 0.453. The lowest BCUT2D eigenvalue weighted by atomic mass is 9.98. The van der Waals surface area contributed by atoms with Crippen LogP contribution in [0.2, 0.25) is 0 Å². The van der Waals surface area contributed by atoms with E-state index in [-0.39, 0.29) is 11.5 Å². The lowest BCUT2D eigenvalue weighted by Crippen LogP contribution is -2.72. The van der Waals surface area contributed by atoms with E-state index in [4.69, 9.17) is 15.1 Å². The smallest absolute Gasteiger partial charge is 0.200 e. The minimum atomic E-state index is -0.764. The Kier molecular flexibility index (Phi) is 7.03. The number of anilines is 1. The summed E-state index contributed by atoms with van der Waals surface area (Å²) in [6.45, 7) is 0. The fraction of sp³-hybridized carbons (Fsp3) is 0.0800. The van der Waals surface area contributed by atoms with E-state index >= 15 is 0 Å². The average Bonchev–Trinajstić information content (AvgIpc) is 3.59. The molecule has 0 aliphatic rings. The quantitative estimate of drug-likeness (QED) is 0.252. The first-order valence-corrected chi connectivity index (χ1v) is 11.3. The lowest BCUT2D eigenvalue weighted by molar-refractivity contribution is -0.555. The van der Waals surface area contributed by atoms with Crippen LogP contribution in [0.5, 0.6) is 0 Å². The van der Waals surface area contributed by atoms with Gasteiger partial charge >= 0.3 is 0 Å². The van der Waals surface area contributed by atoms with Gasteiger partial charge in [-0.15, -0.1) is 11.3 Å². The molecule has 168 valence electrons. The standard InChI is InChI=1S/C25H20N6O2S/c1-28-12-18(10-26)21-7-8-34-25(21)24(32)23(17-5-6-20(11-27)30-13-17)31-19-4-2-3-16(9-19)22-14-29-15-33-22/h2-10,12-15,23,26,28,31H,1H3/p+1/b18-12+,26-10?. The number of carbonyl (C=O) groups is 1. The maximum absolute atomic E-state index is 13.8. The monoisotopic (exact) mass is 469 g/mol. The number of quaternary nitrogens is 1. The van der Waals surface area contributed by atoms with Crippen molar-refractivity contribution in [1.82, 2.24) is 9.97 Å². The Morgan fingerprint density at radius 3 is 2.85 bits per heavy atom. The number of pyridine rings is 1. The Labute approximate surface area is 200 Å². The van der Waals surface area contributed by atoms with Crippen molar-refractivity contribution in [2.24, 2.45) is 0 Å². The van der Waals surface area contributed by atoms with Crippen molar-refractivity contribution in [3.63, 3.8) is 0 Å². The van der Waals surface area contributed by atoms with Crippen molar-refractivity contribution in [2.45, 2.75) is 6.04 Å². The number of thiophene rings is 1. The number of nitriles is 1. The van der Waals surface area contributed by atoms with E-state index in [1.807, 2.05) is 54.1 Å². The topological polar surface area (TPSA) is 132 Å². The van der Waals surface area contributed by atoms with Gasteiger partial charge in [0.05, 0.1) is 23.7 Å². The molecule has 0 aliphatic heterocycles. The van der Waals surface area contributed by atoms with Crippen molar-refractivity contribution in [2.75, 3.05) is 12.4 Å². The molecule has 1 aromatic carbocycles. The van der Waals surface area contributed by atoms with Crippen LogP contribution in [0.4, 0.5) is 5.69 Å². The maximum Gasteiger partial charge on any atom is 0.200 e. The van der Waals surface area contributed by atoms with Crippen LogP contribution in [0.3, 0.4) is 0 Å². The number of allylic oxidation sites excluding steroid dienone is 1. The van der Waals surface area contributed by atoms with Gasteiger partial charge < -0.3 is 20.5 Å². The van der Waals surface area contributed by atoms with E-state index in [1.165, 1.54) is 30.1 Å². The molecule has 4 rings (SSSR count). The molecule has 9 heteroatoms. The molecule has 4 aromatic rings. The van der Waals surface area contributed by atoms with Crippen LogP contribution in [-0.4, -0.2) is 29.0 Å². The zero-order valence-corrected chi connectivity index (χ0v) is 19.0. The molecule has 0 saturated heterocycles. The number of nitrogens with one attached hydrogen (secondary N) is 2. The summed E-state index contributed by atoms with van der Waals surface area (Å²) in [6.07, 6.45) is 7.57. The fourth-order valence-corrected chi connectivity index (χ4v) is 4.37. The third-order valence-corrected chi connectivity index (χ3v) is 6.02. The summed E-state index contributed by atoms with van der Waals surface area (Å²) >= 11 is 1.33. The Hall–Kier alpha value is -4.39. The highest BCUT2D eigenvalue weighted by Crippen LogP contribution is 2.31. The van der Waals surface area contributed by atoms with E-state index in [2.05, 4.69) is 15.3 Å². The summed E-state index contributed by atoms with van der Waals surface area (Å²) in [6, 6.07) is 13.9. The highest BCUT2D eigenvalue weighted by atomic mass is 32.1. The highest BCUT2D eigenvalue weighted by Gasteiger charge is 2.27. The number of rotatable bonds is 9. The van der Waals surface area contributed by atoms with E-state index in [1.54, 1.807) is 24.5 Å². The van der Waals surface area contributed by atoms with Gasteiger partial charge in [0, 0.05) is 34.8 Å². The van der Waals surface area contributed by atoms with Crippen LogP contribution in [0.25, 0.3) is 16.9 Å². The van der Waals surface area contributed by atoms with Crippen LogP contribution >= 0.6 is 11.3 Å². The molecule has 0 amide bonds. The van der Waals surface area contributed by atoms with Gasteiger partial charge in [-0.25, -0.2) is 9.97 Å². The van der Waals surface area contributed by atoms with Gasteiger partial charge in [-0.2, -0.15) is 5.26 Å². The third kappa shape index (κ3) is 4.83. The SMILES string of the molecule is C[NH2+]/C=C(\C=N)c1ccsc1C(=O)C(Nc1cccc(-c2cnco2)c1)c1ccc(C#N)nc1. The van der Waals surface area contributed by atoms with Crippen molar-refractivity contribution in [1.29, 1.82) is 10.7 Å². The molecular weight excluding hydrogens is 448 g/mol. The molecule has 3 aromatic heterocycles. The summed E-state index contributed by atoms with van der Waals surface area (Å²) in [7, 11) is 1.87. The van der Waals surface area contributed by atoms with Crippen LogP contribution in [-0.2, 0) is 0 Å². The number of Topliss-reactive ketones (excluding diaryl/α,β-unsaturated/α-hetero) is 1. The summed E-state index contributed by atoms with van der Waals surface area (Å²) in [4.78, 5) is 22.5. The first-order valence-electron chi connectivity index (χ1n) is 10.4. The van der Waals surface area contributed by atoms with Crippen molar-refractivity contribution < 1.29 is 14.5 Å². The maximum atomic E-state index is 13.8. The number of nitrogens with zero attached hydrogens (tertiary/aromatic N) is 3. The molecule has 1 unspecified atom stereocenters. The lowest BCUT2D eigenvalue weighted by Gasteiger charge is -2.20. The number of hydrogen-bond acceptors (Lipinski definition) is 8. The molecule has 0 saturated carbocycles. The molecule has 4 N–H and O–H groups in total. The first kappa shape index (κ1) is 22.8. The number of nitrogens with two attached hydrogens (primary N) is 1.